The van der Waals surface area contributed by atoms with Crippen LogP contribution in [0.25, 0.3) is 0 Å². The molecule has 2 aliphatic rings. The van der Waals surface area contributed by atoms with Gasteiger partial charge < -0.3 is 15.2 Å². The monoisotopic (exact) mass is 546 g/mol. The fraction of sp³-hybridized carbons (Fsp3) is 0.0769. The van der Waals surface area contributed by atoms with Crippen LogP contribution >= 0.6 is 0 Å². The number of nitro benzene ring substituents is 2. The summed E-state index contributed by atoms with van der Waals surface area (Å²) in [4.78, 5) is 20.0. The van der Waals surface area contributed by atoms with Gasteiger partial charge in [-0.1, -0.05) is 24.3 Å². The van der Waals surface area contributed by atoms with Gasteiger partial charge in [0.2, 0.25) is 0 Å². The van der Waals surface area contributed by atoms with E-state index in [1.54, 1.807) is 18.2 Å². The van der Waals surface area contributed by atoms with Gasteiger partial charge >= 0.3 is 0 Å². The molecule has 0 saturated heterocycles. The number of fused-ring (bicyclic) bond motifs is 6. The lowest BCUT2D eigenvalue weighted by Crippen LogP contribution is -2.32. The Bertz CT molecular complexity index is 1820. The summed E-state index contributed by atoms with van der Waals surface area (Å²) >= 11 is 0. The molecule has 0 bridgehead atoms. The van der Waals surface area contributed by atoms with Gasteiger partial charge in [0.05, 0.1) is 28.2 Å². The number of ether oxygens (including phenoxy) is 2. The van der Waals surface area contributed by atoms with Gasteiger partial charge in [-0.3, -0.25) is 25.0 Å². The minimum absolute atomic E-state index is 0.0511. The number of sulfonamides is 1. The fourth-order valence-corrected chi connectivity index (χ4v) is 6.24. The average Bonchev–Trinajstić information content (AvgIpc) is 3.27. The summed E-state index contributed by atoms with van der Waals surface area (Å²) in [5, 5.41) is 22.6. The van der Waals surface area contributed by atoms with Crippen molar-refractivity contribution < 1.29 is 27.7 Å². The van der Waals surface area contributed by atoms with Crippen LogP contribution in [0.3, 0.4) is 0 Å². The molecule has 2 aliphatic heterocycles. The van der Waals surface area contributed by atoms with Gasteiger partial charge in [0.1, 0.15) is 11.5 Å². The van der Waals surface area contributed by atoms with E-state index in [9.17, 15) is 28.6 Å². The first-order chi connectivity index (χ1) is 18.6. The standard InChI is InChI=1S/C26H18N4O8S/c27-16-5-8-20-23(11-16)38-24-12-17(6-9-21(24)26(20)19-4-2-1-3-15(19)14-37-26)28-39(35,36)25-10-7-18(29(31)32)13-22(25)30(33)34/h1-13,28H,14,27H2. The van der Waals surface area contributed by atoms with Crippen molar-refractivity contribution in [2.24, 2.45) is 0 Å². The minimum Gasteiger partial charge on any atom is -0.456 e. The number of hydrogen-bond donors (Lipinski definition) is 2. The molecule has 4 aromatic rings. The summed E-state index contributed by atoms with van der Waals surface area (Å²) < 4.78 is 41.2. The van der Waals surface area contributed by atoms with Gasteiger partial charge in [0.25, 0.3) is 21.4 Å². The van der Waals surface area contributed by atoms with E-state index in [0.717, 1.165) is 28.8 Å². The Morgan fingerprint density at radius 1 is 0.846 bits per heavy atom. The molecule has 1 spiro atoms. The second-order valence-electron chi connectivity index (χ2n) is 8.97. The molecule has 0 saturated carbocycles. The summed E-state index contributed by atoms with van der Waals surface area (Å²) in [5.41, 5.74) is 7.24. The van der Waals surface area contributed by atoms with Crippen LogP contribution in [0.15, 0.2) is 83.8 Å². The van der Waals surface area contributed by atoms with Crippen molar-refractivity contribution in [1.29, 1.82) is 0 Å². The highest BCUT2D eigenvalue weighted by molar-refractivity contribution is 7.92. The summed E-state index contributed by atoms with van der Waals surface area (Å²) in [6.45, 7) is 0.345. The van der Waals surface area contributed by atoms with E-state index in [-0.39, 0.29) is 5.69 Å². The third kappa shape index (κ3) is 3.74. The van der Waals surface area contributed by atoms with Crippen LogP contribution in [0, 0.1) is 20.2 Å². The van der Waals surface area contributed by atoms with Crippen LogP contribution in [0.4, 0.5) is 22.7 Å². The highest BCUT2D eigenvalue weighted by Gasteiger charge is 2.49. The summed E-state index contributed by atoms with van der Waals surface area (Å²) in [5.74, 6) is 0.730. The number of nitrogens with one attached hydrogen (secondary N) is 1. The molecule has 0 radical (unpaired) electrons. The van der Waals surface area contributed by atoms with E-state index in [1.165, 1.54) is 12.1 Å². The highest BCUT2D eigenvalue weighted by atomic mass is 32.2. The second-order valence-corrected chi connectivity index (χ2v) is 10.6. The lowest BCUT2D eigenvalue weighted by Gasteiger charge is -2.37. The first-order valence-corrected chi connectivity index (χ1v) is 13.0. The Morgan fingerprint density at radius 3 is 2.31 bits per heavy atom. The summed E-state index contributed by atoms with van der Waals surface area (Å²) in [7, 11) is -4.52. The molecule has 196 valence electrons. The summed E-state index contributed by atoms with van der Waals surface area (Å²) in [6.07, 6.45) is 0. The fourth-order valence-electron chi connectivity index (χ4n) is 5.04. The Morgan fingerprint density at radius 2 is 1.56 bits per heavy atom. The van der Waals surface area contributed by atoms with E-state index in [2.05, 4.69) is 4.72 Å². The molecular formula is C26H18N4O8S. The molecule has 12 nitrogen and oxygen atoms in total. The van der Waals surface area contributed by atoms with Crippen molar-refractivity contribution in [3.05, 3.63) is 121 Å². The number of hydrogen-bond acceptors (Lipinski definition) is 9. The van der Waals surface area contributed by atoms with E-state index >= 15 is 0 Å². The third-order valence-electron chi connectivity index (χ3n) is 6.70. The van der Waals surface area contributed by atoms with Crippen molar-refractivity contribution in [1.82, 2.24) is 0 Å². The normalized spacial score (nSPS) is 17.0. The van der Waals surface area contributed by atoms with Crippen LogP contribution in [-0.4, -0.2) is 18.3 Å². The minimum atomic E-state index is -4.52. The van der Waals surface area contributed by atoms with Crippen LogP contribution in [-0.2, 0) is 27.0 Å². The molecule has 2 heterocycles. The maximum Gasteiger partial charge on any atom is 0.296 e. The molecule has 0 amide bonds. The molecule has 1 unspecified atom stereocenters. The van der Waals surface area contributed by atoms with Crippen molar-refractivity contribution in [2.75, 3.05) is 10.5 Å². The number of anilines is 2. The van der Waals surface area contributed by atoms with Crippen LogP contribution in [0.5, 0.6) is 11.5 Å². The molecular weight excluding hydrogens is 528 g/mol. The van der Waals surface area contributed by atoms with Gasteiger partial charge in [0.15, 0.2) is 10.5 Å². The molecule has 1 atom stereocenters. The Labute approximate surface area is 221 Å². The van der Waals surface area contributed by atoms with Gasteiger partial charge in [-0.05, 0) is 41.5 Å². The topological polar surface area (TPSA) is 177 Å². The van der Waals surface area contributed by atoms with Gasteiger partial charge in [0, 0.05) is 35.0 Å². The maximum absolute atomic E-state index is 13.2. The number of rotatable bonds is 5. The molecule has 39 heavy (non-hydrogen) atoms. The predicted molar refractivity (Wildman–Crippen MR) is 139 cm³/mol. The van der Waals surface area contributed by atoms with Crippen molar-refractivity contribution >= 4 is 32.8 Å². The Kier molecular flexibility index (Phi) is 5.31. The number of benzene rings is 4. The van der Waals surface area contributed by atoms with E-state index in [1.807, 2.05) is 30.3 Å². The number of nitrogens with zero attached hydrogens (tertiary/aromatic N) is 2. The maximum atomic E-state index is 13.2. The van der Waals surface area contributed by atoms with Crippen molar-refractivity contribution in [2.45, 2.75) is 17.1 Å². The second kappa shape index (κ2) is 8.51. The van der Waals surface area contributed by atoms with Crippen LogP contribution < -0.4 is 15.2 Å². The zero-order valence-corrected chi connectivity index (χ0v) is 20.7. The predicted octanol–water partition coefficient (Wildman–Crippen LogP) is 4.81. The average molecular weight is 547 g/mol. The quantitative estimate of drug-likeness (QED) is 0.202. The smallest absolute Gasteiger partial charge is 0.296 e. The van der Waals surface area contributed by atoms with Gasteiger partial charge in [-0.2, -0.15) is 0 Å². The van der Waals surface area contributed by atoms with E-state index in [0.29, 0.717) is 35.4 Å². The Hall–Kier alpha value is -5.01. The highest BCUT2D eigenvalue weighted by Crippen LogP contribution is 2.56. The molecule has 4 aromatic carbocycles. The molecule has 0 aromatic heterocycles. The molecule has 3 N–H and O–H groups in total. The first-order valence-electron chi connectivity index (χ1n) is 11.5. The molecule has 0 aliphatic carbocycles. The molecule has 6 rings (SSSR count). The Balaban J connectivity index is 1.45. The van der Waals surface area contributed by atoms with E-state index < -0.39 is 41.7 Å². The third-order valence-corrected chi connectivity index (χ3v) is 8.13. The first kappa shape index (κ1) is 24.3. The van der Waals surface area contributed by atoms with Crippen LogP contribution in [0.2, 0.25) is 0 Å². The molecule has 13 heteroatoms. The number of nitrogens with two attached hydrogens (primary N) is 1. The largest absolute Gasteiger partial charge is 0.456 e. The SMILES string of the molecule is Nc1ccc2c(c1)Oc1cc(NS(=O)(=O)c3ccc([N+](=O)[O-])cc3[N+](=O)[O-])ccc1C21OCc2ccccc21. The number of non-ortho nitro benzene ring substituents is 1. The zero-order chi connectivity index (χ0) is 27.5. The van der Waals surface area contributed by atoms with Gasteiger partial charge in [-0.25, -0.2) is 8.42 Å². The van der Waals surface area contributed by atoms with Crippen molar-refractivity contribution in [3.8, 4) is 11.5 Å². The lowest BCUT2D eigenvalue weighted by atomic mass is 9.77. The van der Waals surface area contributed by atoms with E-state index in [4.69, 9.17) is 15.2 Å². The van der Waals surface area contributed by atoms with Gasteiger partial charge in [-0.15, -0.1) is 0 Å². The number of nitro groups is 2. The lowest BCUT2D eigenvalue weighted by molar-refractivity contribution is -0.396. The number of nitrogen functional groups attached to an aromatic ring is 1. The van der Waals surface area contributed by atoms with Crippen LogP contribution in [0.1, 0.15) is 22.3 Å². The molecule has 0 fully saturated rings. The summed E-state index contributed by atoms with van der Waals surface area (Å²) in [6, 6.07) is 19.9. The van der Waals surface area contributed by atoms with Crippen molar-refractivity contribution in [3.63, 3.8) is 0 Å². The zero-order valence-electron chi connectivity index (χ0n) is 19.9.